The normalized spacial score (nSPS) is 12.5. The van der Waals surface area contributed by atoms with Gasteiger partial charge in [-0.05, 0) is 47.5 Å². The molecule has 0 saturated heterocycles. The van der Waals surface area contributed by atoms with E-state index in [1.54, 1.807) is 36.7 Å². The lowest BCUT2D eigenvalue weighted by atomic mass is 10.0. The Hall–Kier alpha value is -4.58. The van der Waals surface area contributed by atoms with Gasteiger partial charge in [-0.3, -0.25) is 19.4 Å². The van der Waals surface area contributed by atoms with E-state index in [0.29, 0.717) is 17.8 Å². The molecule has 0 atom stereocenters. The smallest absolute Gasteiger partial charge is 0.266 e. The van der Waals surface area contributed by atoms with Crippen LogP contribution in [-0.2, 0) is 6.54 Å². The SMILES string of the molecule is O=C(NCc1ccncc1)c1ccc2c(c1)C(=O)N(c1ccccc1-c1ccccc1)C2=O. The third-order valence-electron chi connectivity index (χ3n) is 5.58. The molecule has 0 aliphatic carbocycles. The Labute approximate surface area is 190 Å². The molecule has 1 aromatic heterocycles. The van der Waals surface area contributed by atoms with E-state index in [0.717, 1.165) is 16.7 Å². The van der Waals surface area contributed by atoms with Crippen LogP contribution in [0.25, 0.3) is 11.1 Å². The van der Waals surface area contributed by atoms with E-state index >= 15 is 0 Å². The van der Waals surface area contributed by atoms with Crippen LogP contribution < -0.4 is 10.2 Å². The van der Waals surface area contributed by atoms with Crippen LogP contribution in [0.2, 0.25) is 0 Å². The maximum atomic E-state index is 13.3. The molecule has 0 fully saturated rings. The van der Waals surface area contributed by atoms with E-state index in [9.17, 15) is 14.4 Å². The van der Waals surface area contributed by atoms with Gasteiger partial charge in [0.15, 0.2) is 0 Å². The fourth-order valence-electron chi connectivity index (χ4n) is 3.92. The number of amides is 3. The molecule has 6 nitrogen and oxygen atoms in total. The van der Waals surface area contributed by atoms with Crippen molar-refractivity contribution in [3.05, 3.63) is 120 Å². The van der Waals surface area contributed by atoms with E-state index in [1.807, 2.05) is 54.6 Å². The summed E-state index contributed by atoms with van der Waals surface area (Å²) in [6.07, 6.45) is 3.31. The molecule has 0 spiro atoms. The molecule has 3 aromatic carbocycles. The van der Waals surface area contributed by atoms with E-state index in [4.69, 9.17) is 0 Å². The van der Waals surface area contributed by atoms with Crippen LogP contribution in [0.5, 0.6) is 0 Å². The zero-order chi connectivity index (χ0) is 22.8. The summed E-state index contributed by atoms with van der Waals surface area (Å²) in [5.74, 6) is -1.16. The summed E-state index contributed by atoms with van der Waals surface area (Å²) in [4.78, 5) is 44.3. The molecule has 2 heterocycles. The second-order valence-corrected chi connectivity index (χ2v) is 7.63. The van der Waals surface area contributed by atoms with E-state index < -0.39 is 11.8 Å². The van der Waals surface area contributed by atoms with Crippen LogP contribution in [-0.4, -0.2) is 22.7 Å². The summed E-state index contributed by atoms with van der Waals surface area (Å²) in [6.45, 7) is 0.335. The largest absolute Gasteiger partial charge is 0.348 e. The third kappa shape index (κ3) is 3.78. The highest BCUT2D eigenvalue weighted by Crippen LogP contribution is 2.36. The Bertz CT molecular complexity index is 1370. The number of nitrogens with zero attached hydrogens (tertiary/aromatic N) is 2. The van der Waals surface area contributed by atoms with Crippen molar-refractivity contribution in [1.29, 1.82) is 0 Å². The topological polar surface area (TPSA) is 79.4 Å². The highest BCUT2D eigenvalue weighted by atomic mass is 16.2. The van der Waals surface area contributed by atoms with Gasteiger partial charge in [0, 0.05) is 30.1 Å². The van der Waals surface area contributed by atoms with Gasteiger partial charge >= 0.3 is 0 Å². The molecule has 6 heteroatoms. The van der Waals surface area contributed by atoms with Gasteiger partial charge in [-0.25, -0.2) is 4.90 Å². The number of rotatable bonds is 5. The number of aromatic nitrogens is 1. The van der Waals surface area contributed by atoms with Gasteiger partial charge in [0.1, 0.15) is 0 Å². The van der Waals surface area contributed by atoms with Crippen molar-refractivity contribution in [1.82, 2.24) is 10.3 Å². The van der Waals surface area contributed by atoms with Crippen LogP contribution >= 0.6 is 0 Å². The van der Waals surface area contributed by atoms with Crippen LogP contribution in [0, 0.1) is 0 Å². The summed E-state index contributed by atoms with van der Waals surface area (Å²) in [7, 11) is 0. The van der Waals surface area contributed by atoms with Crippen molar-refractivity contribution in [3.63, 3.8) is 0 Å². The molecule has 0 saturated carbocycles. The average Bonchev–Trinajstić information content (AvgIpc) is 3.12. The summed E-state index contributed by atoms with van der Waals surface area (Å²) in [5, 5.41) is 2.83. The second-order valence-electron chi connectivity index (χ2n) is 7.63. The van der Waals surface area contributed by atoms with Gasteiger partial charge < -0.3 is 5.32 Å². The average molecular weight is 433 g/mol. The van der Waals surface area contributed by atoms with Crippen LogP contribution in [0.15, 0.2) is 97.3 Å². The number of nitrogens with one attached hydrogen (secondary N) is 1. The molecule has 0 bridgehead atoms. The van der Waals surface area contributed by atoms with Gasteiger partial charge in [0.05, 0.1) is 16.8 Å². The molecular formula is C27H19N3O3. The highest BCUT2D eigenvalue weighted by Gasteiger charge is 2.38. The number of benzene rings is 3. The van der Waals surface area contributed by atoms with Gasteiger partial charge in [0.25, 0.3) is 17.7 Å². The predicted octanol–water partition coefficient (Wildman–Crippen LogP) is 4.48. The minimum atomic E-state index is -0.442. The van der Waals surface area contributed by atoms with Crippen molar-refractivity contribution in [2.24, 2.45) is 0 Å². The van der Waals surface area contributed by atoms with Crippen molar-refractivity contribution in [2.75, 3.05) is 4.90 Å². The molecule has 1 N–H and O–H groups in total. The lowest BCUT2D eigenvalue weighted by Crippen LogP contribution is -2.29. The first-order valence-electron chi connectivity index (χ1n) is 10.5. The lowest BCUT2D eigenvalue weighted by Gasteiger charge is -2.18. The number of carbonyl (C=O) groups excluding carboxylic acids is 3. The van der Waals surface area contributed by atoms with E-state index in [-0.39, 0.29) is 17.0 Å². The molecule has 0 unspecified atom stereocenters. The Balaban J connectivity index is 1.44. The number of imide groups is 1. The molecule has 33 heavy (non-hydrogen) atoms. The fraction of sp³-hybridized carbons (Fsp3) is 0.0370. The zero-order valence-corrected chi connectivity index (χ0v) is 17.6. The van der Waals surface area contributed by atoms with Crippen LogP contribution in [0.4, 0.5) is 5.69 Å². The van der Waals surface area contributed by atoms with Crippen LogP contribution in [0.3, 0.4) is 0 Å². The van der Waals surface area contributed by atoms with E-state index in [1.165, 1.54) is 11.0 Å². The lowest BCUT2D eigenvalue weighted by molar-refractivity contribution is 0.0923. The maximum Gasteiger partial charge on any atom is 0.266 e. The van der Waals surface area contributed by atoms with Gasteiger partial charge in [-0.2, -0.15) is 0 Å². The fourth-order valence-corrected chi connectivity index (χ4v) is 3.92. The number of hydrogen-bond donors (Lipinski definition) is 1. The summed E-state index contributed by atoms with van der Waals surface area (Å²) < 4.78 is 0. The second kappa shape index (κ2) is 8.51. The molecule has 0 radical (unpaired) electrons. The Morgan fingerprint density at radius 1 is 0.758 bits per heavy atom. The van der Waals surface area contributed by atoms with Crippen molar-refractivity contribution >= 4 is 23.4 Å². The molecular weight excluding hydrogens is 414 g/mol. The van der Waals surface area contributed by atoms with Crippen molar-refractivity contribution in [3.8, 4) is 11.1 Å². The first kappa shape index (κ1) is 20.3. The number of fused-ring (bicyclic) bond motifs is 1. The molecule has 4 aromatic rings. The number of hydrogen-bond acceptors (Lipinski definition) is 4. The van der Waals surface area contributed by atoms with Crippen molar-refractivity contribution < 1.29 is 14.4 Å². The third-order valence-corrected chi connectivity index (χ3v) is 5.58. The summed E-state index contributed by atoms with van der Waals surface area (Å²) in [5.41, 5.74) is 3.94. The maximum absolute atomic E-state index is 13.3. The van der Waals surface area contributed by atoms with E-state index in [2.05, 4.69) is 10.3 Å². The molecule has 3 amide bonds. The summed E-state index contributed by atoms with van der Waals surface area (Å²) in [6, 6.07) is 25.1. The van der Waals surface area contributed by atoms with Gasteiger partial charge in [-0.15, -0.1) is 0 Å². The van der Waals surface area contributed by atoms with Gasteiger partial charge in [0.2, 0.25) is 0 Å². The molecule has 5 rings (SSSR count). The Morgan fingerprint density at radius 3 is 2.24 bits per heavy atom. The number of carbonyl (C=O) groups is 3. The minimum absolute atomic E-state index is 0.222. The monoisotopic (exact) mass is 433 g/mol. The van der Waals surface area contributed by atoms with Gasteiger partial charge in [-0.1, -0.05) is 48.5 Å². The highest BCUT2D eigenvalue weighted by molar-refractivity contribution is 6.35. The summed E-state index contributed by atoms with van der Waals surface area (Å²) >= 11 is 0. The number of pyridine rings is 1. The predicted molar refractivity (Wildman–Crippen MR) is 125 cm³/mol. The molecule has 160 valence electrons. The number of para-hydroxylation sites is 1. The Morgan fingerprint density at radius 2 is 1.45 bits per heavy atom. The molecule has 1 aliphatic rings. The zero-order valence-electron chi connectivity index (χ0n) is 17.6. The van der Waals surface area contributed by atoms with Crippen molar-refractivity contribution in [2.45, 2.75) is 6.54 Å². The number of anilines is 1. The first-order chi connectivity index (χ1) is 16.1. The quantitative estimate of drug-likeness (QED) is 0.471. The molecule has 1 aliphatic heterocycles. The standard InChI is InChI=1S/C27H19N3O3/c31-25(29-17-18-12-14-28-15-13-18)20-10-11-22-23(16-20)27(33)30(26(22)32)24-9-5-4-8-21(24)19-6-2-1-3-7-19/h1-16H,17H2,(H,29,31). The Kier molecular flexibility index (Phi) is 5.24. The first-order valence-corrected chi connectivity index (χ1v) is 10.5. The minimum Gasteiger partial charge on any atom is -0.348 e. The van der Waals surface area contributed by atoms with Crippen LogP contribution in [0.1, 0.15) is 36.6 Å².